The summed E-state index contributed by atoms with van der Waals surface area (Å²) in [5.74, 6) is 0.0845. The number of hydrogen-bond acceptors (Lipinski definition) is 5. The molecule has 1 atom stereocenters. The molecule has 2 aliphatic rings. The first kappa shape index (κ1) is 21.5. The maximum atomic E-state index is 13.1. The van der Waals surface area contributed by atoms with Crippen LogP contribution in [0.3, 0.4) is 0 Å². The summed E-state index contributed by atoms with van der Waals surface area (Å²) in [5, 5.41) is 0. The molecular weight excluding hydrogens is 394 g/mol. The van der Waals surface area contributed by atoms with Crippen molar-refractivity contribution in [2.45, 2.75) is 44.6 Å². The molecule has 30 heavy (non-hydrogen) atoms. The van der Waals surface area contributed by atoms with Crippen LogP contribution in [0.4, 0.5) is 0 Å². The van der Waals surface area contributed by atoms with Gasteiger partial charge in [-0.2, -0.15) is 0 Å². The van der Waals surface area contributed by atoms with E-state index in [2.05, 4.69) is 48.0 Å². The molecule has 1 aromatic heterocycles. The molecule has 6 heteroatoms. The number of likely N-dealkylation sites (N-methyl/N-ethyl adjacent to an activating group) is 2. The second-order valence-corrected chi connectivity index (χ2v) is 10.3. The number of benzene rings is 1. The van der Waals surface area contributed by atoms with Gasteiger partial charge in [-0.05, 0) is 44.5 Å². The molecule has 0 saturated carbocycles. The van der Waals surface area contributed by atoms with E-state index in [1.54, 1.807) is 4.90 Å². The van der Waals surface area contributed by atoms with Gasteiger partial charge in [-0.1, -0.05) is 30.3 Å². The van der Waals surface area contributed by atoms with Crippen molar-refractivity contribution in [3.8, 4) is 0 Å². The van der Waals surface area contributed by atoms with Crippen molar-refractivity contribution in [1.29, 1.82) is 0 Å². The third-order valence-electron chi connectivity index (χ3n) is 6.28. The van der Waals surface area contributed by atoms with Crippen LogP contribution in [0.5, 0.6) is 0 Å². The minimum Gasteiger partial charge on any atom is -0.359 e. The van der Waals surface area contributed by atoms with Crippen LogP contribution < -0.4 is 0 Å². The summed E-state index contributed by atoms with van der Waals surface area (Å²) in [7, 11) is 3.99. The summed E-state index contributed by atoms with van der Waals surface area (Å²) in [6.45, 7) is 7.41. The molecule has 5 nitrogen and oxygen atoms in total. The average molecular weight is 428 g/mol. The molecule has 0 aliphatic carbocycles. The first-order valence-electron chi connectivity index (χ1n) is 10.9. The highest BCUT2D eigenvalue weighted by atomic mass is 32.1. The summed E-state index contributed by atoms with van der Waals surface area (Å²) < 4.78 is 6.55. The lowest BCUT2D eigenvalue weighted by atomic mass is 9.88. The fraction of sp³-hybridized carbons (Fsp3) is 0.542. The molecule has 0 unspecified atom stereocenters. The van der Waals surface area contributed by atoms with Gasteiger partial charge in [0, 0.05) is 56.1 Å². The van der Waals surface area contributed by atoms with E-state index >= 15 is 0 Å². The third-order valence-corrected chi connectivity index (χ3v) is 7.27. The largest absolute Gasteiger partial charge is 0.359 e. The second-order valence-electron chi connectivity index (χ2n) is 8.95. The lowest BCUT2D eigenvalue weighted by molar-refractivity contribution is -0.188. The summed E-state index contributed by atoms with van der Waals surface area (Å²) in [4.78, 5) is 22.6. The molecule has 1 amide bonds. The summed E-state index contributed by atoms with van der Waals surface area (Å²) >= 11 is 1.89. The van der Waals surface area contributed by atoms with Gasteiger partial charge in [0.15, 0.2) is 0 Å². The Morgan fingerprint density at radius 1 is 1.20 bits per heavy atom. The predicted molar refractivity (Wildman–Crippen MR) is 122 cm³/mol. The van der Waals surface area contributed by atoms with Crippen molar-refractivity contribution < 1.29 is 9.53 Å². The molecule has 0 radical (unpaired) electrons. The standard InChI is InChI=1S/C24H33N3O2S/c1-19-9-10-21(30-19)16-27-13-11-24(12-14-27)18-25(2)17-22(29-24)23(28)26(3)15-20-7-5-4-6-8-20/h4-10,22H,11-18H2,1-3H3/t22-/m0/s1. The van der Waals surface area contributed by atoms with Crippen molar-refractivity contribution in [2.75, 3.05) is 40.3 Å². The van der Waals surface area contributed by atoms with E-state index in [0.29, 0.717) is 13.1 Å². The maximum absolute atomic E-state index is 13.1. The number of likely N-dealkylation sites (tertiary alicyclic amines) is 1. The zero-order chi connectivity index (χ0) is 21.1. The Bertz CT molecular complexity index is 845. The number of aryl methyl sites for hydroxylation is 1. The van der Waals surface area contributed by atoms with Crippen LogP contribution in [0, 0.1) is 6.92 Å². The van der Waals surface area contributed by atoms with E-state index in [1.165, 1.54) is 9.75 Å². The zero-order valence-electron chi connectivity index (χ0n) is 18.3. The Labute approximate surface area is 184 Å². The molecule has 4 rings (SSSR count). The molecule has 1 aromatic carbocycles. The molecule has 2 aromatic rings. The predicted octanol–water partition coefficient (Wildman–Crippen LogP) is 3.38. The lowest BCUT2D eigenvalue weighted by Gasteiger charge is -2.49. The smallest absolute Gasteiger partial charge is 0.253 e. The number of hydrogen-bond donors (Lipinski definition) is 0. The molecule has 162 valence electrons. The Morgan fingerprint density at radius 2 is 1.93 bits per heavy atom. The van der Waals surface area contributed by atoms with E-state index in [0.717, 1.165) is 44.6 Å². The molecule has 0 N–H and O–H groups in total. The van der Waals surface area contributed by atoms with Gasteiger partial charge in [-0.25, -0.2) is 0 Å². The van der Waals surface area contributed by atoms with E-state index < -0.39 is 0 Å². The van der Waals surface area contributed by atoms with Crippen LogP contribution in [0.25, 0.3) is 0 Å². The molecule has 2 saturated heterocycles. The van der Waals surface area contributed by atoms with Gasteiger partial charge in [0.2, 0.25) is 0 Å². The van der Waals surface area contributed by atoms with Crippen LogP contribution in [0.2, 0.25) is 0 Å². The van der Waals surface area contributed by atoms with Gasteiger partial charge < -0.3 is 14.5 Å². The van der Waals surface area contributed by atoms with Crippen LogP contribution in [0.1, 0.15) is 28.2 Å². The van der Waals surface area contributed by atoms with E-state index in [1.807, 2.05) is 36.6 Å². The third kappa shape index (κ3) is 5.11. The van der Waals surface area contributed by atoms with Gasteiger partial charge in [-0.3, -0.25) is 9.69 Å². The first-order chi connectivity index (χ1) is 14.4. The normalized spacial score (nSPS) is 22.3. The summed E-state index contributed by atoms with van der Waals surface area (Å²) in [5.41, 5.74) is 0.937. The highest BCUT2D eigenvalue weighted by Gasteiger charge is 2.44. The molecule has 2 fully saturated rings. The highest BCUT2D eigenvalue weighted by Crippen LogP contribution is 2.33. The fourth-order valence-electron chi connectivity index (χ4n) is 4.71. The number of nitrogens with zero attached hydrogens (tertiary/aromatic N) is 3. The van der Waals surface area contributed by atoms with Crippen molar-refractivity contribution in [3.63, 3.8) is 0 Å². The maximum Gasteiger partial charge on any atom is 0.253 e. The van der Waals surface area contributed by atoms with Crippen LogP contribution >= 0.6 is 11.3 Å². The fourth-order valence-corrected chi connectivity index (χ4v) is 5.64. The van der Waals surface area contributed by atoms with Crippen molar-refractivity contribution >= 4 is 17.2 Å². The quantitative estimate of drug-likeness (QED) is 0.733. The van der Waals surface area contributed by atoms with Gasteiger partial charge in [0.1, 0.15) is 6.10 Å². The van der Waals surface area contributed by atoms with Gasteiger partial charge >= 0.3 is 0 Å². The number of thiophene rings is 1. The monoisotopic (exact) mass is 427 g/mol. The summed E-state index contributed by atoms with van der Waals surface area (Å²) in [6, 6.07) is 14.6. The van der Waals surface area contributed by atoms with Gasteiger partial charge in [0.25, 0.3) is 5.91 Å². The number of rotatable bonds is 5. The number of morpholine rings is 1. The molecule has 2 aliphatic heterocycles. The molecule has 3 heterocycles. The highest BCUT2D eigenvalue weighted by molar-refractivity contribution is 7.11. The summed E-state index contributed by atoms with van der Waals surface area (Å²) in [6.07, 6.45) is 1.57. The zero-order valence-corrected chi connectivity index (χ0v) is 19.2. The Hall–Kier alpha value is -1.73. The Kier molecular flexibility index (Phi) is 6.58. The lowest BCUT2D eigenvalue weighted by Crippen LogP contribution is -2.61. The number of carbonyl (C=O) groups is 1. The molecule has 1 spiro atoms. The minimum atomic E-state index is -0.385. The molecule has 0 bridgehead atoms. The second kappa shape index (κ2) is 9.18. The Balaban J connectivity index is 1.35. The topological polar surface area (TPSA) is 36.0 Å². The van der Waals surface area contributed by atoms with Crippen molar-refractivity contribution in [1.82, 2.24) is 14.7 Å². The molecular formula is C24H33N3O2S. The van der Waals surface area contributed by atoms with Crippen LogP contribution in [-0.4, -0.2) is 72.6 Å². The van der Waals surface area contributed by atoms with Crippen LogP contribution in [0.15, 0.2) is 42.5 Å². The minimum absolute atomic E-state index is 0.0845. The van der Waals surface area contributed by atoms with Gasteiger partial charge in [-0.15, -0.1) is 11.3 Å². The number of piperidine rings is 1. The van der Waals surface area contributed by atoms with Gasteiger partial charge in [0.05, 0.1) is 5.60 Å². The Morgan fingerprint density at radius 3 is 2.60 bits per heavy atom. The van der Waals surface area contributed by atoms with E-state index in [4.69, 9.17) is 4.74 Å². The van der Waals surface area contributed by atoms with Crippen LogP contribution in [-0.2, 0) is 22.6 Å². The first-order valence-corrected chi connectivity index (χ1v) is 11.7. The van der Waals surface area contributed by atoms with Crippen molar-refractivity contribution in [3.05, 3.63) is 57.8 Å². The van der Waals surface area contributed by atoms with Crippen molar-refractivity contribution in [2.24, 2.45) is 0 Å². The SMILES string of the molecule is Cc1ccc(CN2CCC3(CC2)CN(C)C[C@@H](C(=O)N(C)Cc2ccccc2)O3)s1. The van der Waals surface area contributed by atoms with E-state index in [-0.39, 0.29) is 17.6 Å². The average Bonchev–Trinajstić information content (AvgIpc) is 3.14. The number of ether oxygens (including phenoxy) is 1. The van der Waals surface area contributed by atoms with E-state index in [9.17, 15) is 4.79 Å². The number of carbonyl (C=O) groups excluding carboxylic acids is 1. The number of amides is 1.